The predicted molar refractivity (Wildman–Crippen MR) is 121 cm³/mol. The van der Waals surface area contributed by atoms with Crippen molar-refractivity contribution in [2.75, 3.05) is 23.0 Å². The number of hydrogen-bond acceptors (Lipinski definition) is 5. The molecule has 5 nitrogen and oxygen atoms in total. The number of amides is 2. The molecule has 148 valence electrons. The lowest BCUT2D eigenvalue weighted by Gasteiger charge is -2.16. The van der Waals surface area contributed by atoms with Gasteiger partial charge in [0.25, 0.3) is 11.8 Å². The smallest absolute Gasteiger partial charge is 0.271 e. The molecule has 1 fully saturated rings. The van der Waals surface area contributed by atoms with Crippen LogP contribution in [0.25, 0.3) is 5.57 Å². The number of fused-ring (bicyclic) bond motifs is 1. The topological polar surface area (TPSA) is 49.9 Å². The third-order valence-electron chi connectivity index (χ3n) is 4.77. The van der Waals surface area contributed by atoms with Crippen LogP contribution >= 0.6 is 24.0 Å². The molecule has 2 aliphatic rings. The van der Waals surface area contributed by atoms with E-state index in [-0.39, 0.29) is 11.8 Å². The Bertz CT molecular complexity index is 1030. The molecule has 2 aromatic rings. The lowest BCUT2D eigenvalue weighted by atomic mass is 10.1. The molecular formula is C22H20N2O3S2. The first-order valence-corrected chi connectivity index (χ1v) is 10.7. The number of benzene rings is 2. The summed E-state index contributed by atoms with van der Waals surface area (Å²) >= 11 is 6.68. The van der Waals surface area contributed by atoms with Gasteiger partial charge in [0.05, 0.1) is 28.5 Å². The summed E-state index contributed by atoms with van der Waals surface area (Å²) in [5.74, 6) is 0.330. The van der Waals surface area contributed by atoms with Crippen molar-refractivity contribution in [1.29, 1.82) is 0 Å². The van der Waals surface area contributed by atoms with Crippen LogP contribution in [-0.4, -0.2) is 29.3 Å². The molecule has 0 N–H and O–H groups in total. The average molecular weight is 425 g/mol. The van der Waals surface area contributed by atoms with E-state index < -0.39 is 0 Å². The zero-order valence-corrected chi connectivity index (χ0v) is 17.8. The first kappa shape index (κ1) is 19.7. The van der Waals surface area contributed by atoms with E-state index in [1.165, 1.54) is 16.7 Å². The van der Waals surface area contributed by atoms with Gasteiger partial charge in [0.15, 0.2) is 4.32 Å². The Balaban J connectivity index is 1.74. The second-order valence-corrected chi connectivity index (χ2v) is 8.26. The Hall–Kier alpha value is -2.64. The summed E-state index contributed by atoms with van der Waals surface area (Å²) < 4.78 is 5.88. The fourth-order valence-corrected chi connectivity index (χ4v) is 4.92. The summed E-state index contributed by atoms with van der Waals surface area (Å²) in [5.41, 5.74) is 2.74. The van der Waals surface area contributed by atoms with Crippen LogP contribution in [-0.2, 0) is 9.59 Å². The average Bonchev–Trinajstić information content (AvgIpc) is 3.16. The molecule has 0 saturated carbocycles. The van der Waals surface area contributed by atoms with Gasteiger partial charge in [0, 0.05) is 12.1 Å². The summed E-state index contributed by atoms with van der Waals surface area (Å²) in [6, 6.07) is 14.8. The molecular weight excluding hydrogens is 404 g/mol. The lowest BCUT2D eigenvalue weighted by Crippen LogP contribution is -2.29. The van der Waals surface area contributed by atoms with Crippen molar-refractivity contribution in [3.63, 3.8) is 0 Å². The first-order valence-electron chi connectivity index (χ1n) is 9.51. The molecule has 2 aromatic carbocycles. The summed E-state index contributed by atoms with van der Waals surface area (Å²) in [5, 5.41) is 0. The second kappa shape index (κ2) is 8.00. The van der Waals surface area contributed by atoms with Crippen LogP contribution in [0, 0.1) is 0 Å². The maximum absolute atomic E-state index is 13.3. The summed E-state index contributed by atoms with van der Waals surface area (Å²) in [6.07, 6.45) is 0.834. The first-order chi connectivity index (χ1) is 14.1. The van der Waals surface area contributed by atoms with E-state index in [0.717, 1.165) is 23.4 Å². The molecule has 0 radical (unpaired) electrons. The monoisotopic (exact) mass is 424 g/mol. The second-order valence-electron chi connectivity index (χ2n) is 6.61. The van der Waals surface area contributed by atoms with Gasteiger partial charge >= 0.3 is 0 Å². The van der Waals surface area contributed by atoms with Crippen LogP contribution in [0.1, 0.15) is 25.8 Å². The van der Waals surface area contributed by atoms with Crippen molar-refractivity contribution in [2.24, 2.45) is 0 Å². The largest absolute Gasteiger partial charge is 0.494 e. The molecule has 0 bridgehead atoms. The Labute approximate surface area is 179 Å². The molecule has 1 saturated heterocycles. The predicted octanol–water partition coefficient (Wildman–Crippen LogP) is 4.62. The third-order valence-corrected chi connectivity index (χ3v) is 6.15. The van der Waals surface area contributed by atoms with E-state index in [2.05, 4.69) is 0 Å². The number of anilines is 2. The van der Waals surface area contributed by atoms with Gasteiger partial charge in [-0.15, -0.1) is 0 Å². The number of thiocarbonyl (C=S) groups is 1. The van der Waals surface area contributed by atoms with E-state index in [1.54, 1.807) is 17.0 Å². The number of ether oxygens (including phenoxy) is 1. The maximum atomic E-state index is 13.3. The molecule has 0 unspecified atom stereocenters. The minimum Gasteiger partial charge on any atom is -0.494 e. The van der Waals surface area contributed by atoms with Crippen molar-refractivity contribution in [3.05, 3.63) is 59.0 Å². The number of carbonyl (C=O) groups is 2. The van der Waals surface area contributed by atoms with Crippen molar-refractivity contribution in [1.82, 2.24) is 0 Å². The van der Waals surface area contributed by atoms with Crippen molar-refractivity contribution < 1.29 is 14.3 Å². The number of thioether (sulfide) groups is 1. The zero-order chi connectivity index (χ0) is 20.5. The Morgan fingerprint density at radius 2 is 1.72 bits per heavy atom. The maximum Gasteiger partial charge on any atom is 0.271 e. The molecule has 7 heteroatoms. The summed E-state index contributed by atoms with van der Waals surface area (Å²) in [7, 11) is 0. The molecule has 29 heavy (non-hydrogen) atoms. The van der Waals surface area contributed by atoms with Crippen LogP contribution < -0.4 is 14.5 Å². The van der Waals surface area contributed by atoms with Gasteiger partial charge < -0.3 is 9.64 Å². The minimum atomic E-state index is -0.263. The number of para-hydroxylation sites is 1. The molecule has 2 aliphatic heterocycles. The van der Waals surface area contributed by atoms with Crippen LogP contribution in [0.2, 0.25) is 0 Å². The Kier molecular flexibility index (Phi) is 5.43. The third kappa shape index (κ3) is 3.34. The highest BCUT2D eigenvalue weighted by Gasteiger charge is 2.42. The number of rotatable bonds is 5. The molecule has 4 rings (SSSR count). The lowest BCUT2D eigenvalue weighted by molar-refractivity contribution is -0.115. The molecule has 0 aromatic heterocycles. The molecule has 2 heterocycles. The molecule has 0 spiro atoms. The zero-order valence-electron chi connectivity index (χ0n) is 16.2. The van der Waals surface area contributed by atoms with E-state index in [0.29, 0.717) is 33.6 Å². The van der Waals surface area contributed by atoms with Gasteiger partial charge in [-0.25, -0.2) is 0 Å². The van der Waals surface area contributed by atoms with Gasteiger partial charge in [0.1, 0.15) is 5.75 Å². The van der Waals surface area contributed by atoms with E-state index in [9.17, 15) is 9.59 Å². The van der Waals surface area contributed by atoms with Gasteiger partial charge in [-0.2, -0.15) is 0 Å². The summed E-state index contributed by atoms with van der Waals surface area (Å²) in [4.78, 5) is 30.1. The van der Waals surface area contributed by atoms with Crippen LogP contribution in [0.5, 0.6) is 5.75 Å². The van der Waals surface area contributed by atoms with Gasteiger partial charge in [-0.1, -0.05) is 49.1 Å². The Morgan fingerprint density at radius 1 is 1.00 bits per heavy atom. The van der Waals surface area contributed by atoms with Crippen molar-refractivity contribution in [2.45, 2.75) is 20.3 Å². The van der Waals surface area contributed by atoms with Gasteiger partial charge in [-0.3, -0.25) is 14.5 Å². The number of nitrogens with zero attached hydrogens (tertiary/aromatic N) is 2. The highest BCUT2D eigenvalue weighted by molar-refractivity contribution is 8.27. The Morgan fingerprint density at radius 3 is 2.41 bits per heavy atom. The van der Waals surface area contributed by atoms with Crippen LogP contribution in [0.15, 0.2) is 53.4 Å². The van der Waals surface area contributed by atoms with Gasteiger partial charge in [0.2, 0.25) is 0 Å². The normalized spacial score (nSPS) is 18.6. The number of hydrogen-bond donors (Lipinski definition) is 0. The minimum absolute atomic E-state index is 0.139. The van der Waals surface area contributed by atoms with Crippen molar-refractivity contribution in [3.8, 4) is 5.75 Å². The fraction of sp³-hybridized carbons (Fsp3) is 0.227. The molecule has 0 atom stereocenters. The number of carbonyl (C=O) groups excluding carboxylic acids is 2. The van der Waals surface area contributed by atoms with E-state index in [4.69, 9.17) is 17.0 Å². The quantitative estimate of drug-likeness (QED) is 0.518. The van der Waals surface area contributed by atoms with Crippen molar-refractivity contribution >= 4 is 57.1 Å². The SMILES string of the molecule is CCCN1C(=O)/C(=C2/SC(=S)N(c3ccc(OCC)cc3)C2=O)c2ccccc21. The van der Waals surface area contributed by atoms with Crippen LogP contribution in [0.4, 0.5) is 11.4 Å². The highest BCUT2D eigenvalue weighted by atomic mass is 32.2. The fourth-order valence-electron chi connectivity index (χ4n) is 3.54. The standard InChI is InChI=1S/C22H20N2O3S2/c1-3-13-23-17-8-6-5-7-16(17)18(20(23)25)19-21(26)24(22(28)29-19)14-9-11-15(12-10-14)27-4-2/h5-12H,3-4,13H2,1-2H3/b19-18+. The summed E-state index contributed by atoms with van der Waals surface area (Å²) in [6.45, 7) is 5.13. The van der Waals surface area contributed by atoms with E-state index >= 15 is 0 Å². The van der Waals surface area contributed by atoms with Crippen LogP contribution in [0.3, 0.4) is 0 Å². The molecule has 0 aliphatic carbocycles. The molecule has 2 amide bonds. The highest BCUT2D eigenvalue weighted by Crippen LogP contribution is 2.45. The van der Waals surface area contributed by atoms with E-state index in [1.807, 2.05) is 50.2 Å². The van der Waals surface area contributed by atoms with Gasteiger partial charge in [-0.05, 0) is 43.7 Å².